The molecule has 37 heteroatoms. The zero-order valence-electron chi connectivity index (χ0n) is 71.8. The van der Waals surface area contributed by atoms with Gasteiger partial charge in [-0.05, 0) is 209 Å². The van der Waals surface area contributed by atoms with E-state index in [1.54, 1.807) is 73.1 Å². The molecule has 0 radical (unpaired) electrons. The predicted octanol–water partition coefficient (Wildman–Crippen LogP) is 9.35. The zero-order valence-corrected chi connectivity index (χ0v) is 73.3. The molecule has 0 bridgehead atoms. The van der Waals surface area contributed by atoms with Crippen molar-refractivity contribution in [2.75, 3.05) is 97.9 Å². The summed E-state index contributed by atoms with van der Waals surface area (Å²) in [5.41, 5.74) is 3.64. The van der Waals surface area contributed by atoms with Crippen molar-refractivity contribution < 1.29 is 71.2 Å². The molecule has 2 aliphatic carbocycles. The lowest BCUT2D eigenvalue weighted by Gasteiger charge is -2.50. The molecule has 18 rings (SSSR count). The largest absolute Gasteiger partial charge is 0.476 e. The van der Waals surface area contributed by atoms with Crippen LogP contribution >= 0.6 is 23.2 Å². The van der Waals surface area contributed by atoms with Crippen molar-refractivity contribution in [3.05, 3.63) is 156 Å². The normalized spacial score (nSPS) is 23.0. The maximum atomic E-state index is 16.2. The van der Waals surface area contributed by atoms with Gasteiger partial charge >= 0.3 is 18.2 Å². The number of pyridine rings is 2. The van der Waals surface area contributed by atoms with E-state index in [0.717, 1.165) is 108 Å². The first-order chi connectivity index (χ1) is 61.6. The second kappa shape index (κ2) is 36.1. The summed E-state index contributed by atoms with van der Waals surface area (Å²) in [7, 11) is 1.32. The molecule has 4 aromatic heterocycles. The topological polar surface area (TPSA) is 378 Å². The lowest BCUT2D eigenvalue weighted by atomic mass is 9.83. The van der Waals surface area contributed by atoms with Gasteiger partial charge < -0.3 is 73.3 Å². The van der Waals surface area contributed by atoms with Crippen LogP contribution in [0.2, 0.25) is 10.0 Å². The molecule has 8 amide bonds. The summed E-state index contributed by atoms with van der Waals surface area (Å²) in [5.74, 6) is -4.58. The fourth-order valence-electron chi connectivity index (χ4n) is 19.8. The SMILES string of the molecule is CNC(=O)C(OC(=O)COc1cc2cc(Nc3nc(N4CCC(O[C@H]5C[C@H](N6CCC(c7ccc8c(c7F)CN(C7CCC(=O)NC7=O)C8=O)CC6)C5)CC4)ncc3Cl)ccc2n(C(C)C)c1=O)Oc1cc2cc(Nc3nc(N4CCC(O[C@H]5C[C@H](N6CCN(c7ccc8c(c7)C(=O)N(C7CCC(=O)NC7=O)C8=O)C[C@H]6C)C5)CC4)ncc3Cl)ccc2n(C(C)C)c1=O. The Balaban J connectivity index is 0.450. The fourth-order valence-corrected chi connectivity index (χ4v) is 20.1. The number of carbonyl (C=O) groups is 9. The van der Waals surface area contributed by atoms with E-state index in [4.69, 9.17) is 56.9 Å². The van der Waals surface area contributed by atoms with Crippen LogP contribution in [-0.4, -0.2) is 235 Å². The van der Waals surface area contributed by atoms with Crippen molar-refractivity contribution in [1.82, 2.24) is 64.6 Å². The van der Waals surface area contributed by atoms with Crippen molar-refractivity contribution in [3.63, 3.8) is 0 Å². The summed E-state index contributed by atoms with van der Waals surface area (Å²) >= 11 is 13.6. The van der Waals surface area contributed by atoms with Crippen LogP contribution in [-0.2, 0) is 49.5 Å². The molecule has 2 saturated carbocycles. The molecule has 4 atom stereocenters. The number of likely N-dealkylation sites (N-methyl/N-ethyl adjacent to an activating group) is 1. The van der Waals surface area contributed by atoms with Gasteiger partial charge in [0.2, 0.25) is 35.5 Å². The minimum atomic E-state index is -1.99. The number of piperazine rings is 1. The maximum Gasteiger partial charge on any atom is 0.347 e. The highest BCUT2D eigenvalue weighted by atomic mass is 35.5. The molecule has 34 nitrogen and oxygen atoms in total. The quantitative estimate of drug-likeness (QED) is 0.0202. The maximum absolute atomic E-state index is 16.2. The number of piperidine rings is 5. The highest BCUT2D eigenvalue weighted by Crippen LogP contribution is 2.43. The van der Waals surface area contributed by atoms with Crippen LogP contribution in [0.25, 0.3) is 21.8 Å². The Morgan fingerprint density at radius 3 is 1.66 bits per heavy atom. The molecule has 0 spiro atoms. The number of halogens is 3. The zero-order chi connectivity index (χ0) is 89.4. The monoisotopic (exact) mass is 1790 g/mol. The number of benzene rings is 4. The number of esters is 1. The van der Waals surface area contributed by atoms with Gasteiger partial charge in [-0.2, -0.15) is 9.97 Å². The predicted molar refractivity (Wildman–Crippen MR) is 472 cm³/mol. The number of carbonyl (C=O) groups excluding carboxylic acids is 9. The third-order valence-corrected chi connectivity index (χ3v) is 27.3. The van der Waals surface area contributed by atoms with Gasteiger partial charge in [-0.1, -0.05) is 29.3 Å². The molecule has 4 aromatic carbocycles. The minimum absolute atomic E-state index is 0.00613. The number of ether oxygens (including phenoxy) is 5. The lowest BCUT2D eigenvalue weighted by molar-refractivity contribution is -0.174. The van der Waals surface area contributed by atoms with Gasteiger partial charge in [0.25, 0.3) is 28.8 Å². The molecule has 3 unspecified atom stereocenters. The Hall–Kier alpha value is -11.8. The van der Waals surface area contributed by atoms with Crippen LogP contribution in [0, 0.1) is 5.82 Å². The van der Waals surface area contributed by atoms with Crippen molar-refractivity contribution in [3.8, 4) is 11.5 Å². The third kappa shape index (κ3) is 17.4. The van der Waals surface area contributed by atoms with Crippen LogP contribution in [0.1, 0.15) is 185 Å². The summed E-state index contributed by atoms with van der Waals surface area (Å²) in [5, 5.41) is 15.2. The summed E-state index contributed by atoms with van der Waals surface area (Å²) < 4.78 is 50.2. The van der Waals surface area contributed by atoms with E-state index < -0.39 is 83.6 Å². The van der Waals surface area contributed by atoms with E-state index >= 15 is 4.39 Å². The summed E-state index contributed by atoms with van der Waals surface area (Å²) in [4.78, 5) is 178. The lowest BCUT2D eigenvalue weighted by Crippen LogP contribution is -2.60. The standard InChI is InChI=1S/C91H101Cl2FN18O16/c1-47(2)110-69-13-7-53(98-79-67(92)42-96-90(102-79)105-27-21-58(22-28-105)125-60-37-56(38-60)104-25-19-50(20-26-104)62-11-12-64-66(78(62)94)45-109(84(64)119)71-15-17-75(113)100-81(71)116)33-51(69)35-73(87(110)122)124-46-77(115)128-89(83(118)95-6)127-74-36-52-34-54(8-14-70(52)111(48(3)4)88(74)123)99-80-68(93)43-97-91(103-80)106-29-23-59(24-30-106)126-61-39-57(40-61)108-32-31-107(44-49(108)5)55-9-10-63-65(41-55)86(121)112(85(63)120)72-16-18-76(114)101-82(72)117/h7-14,33-36,41-43,47-50,56-61,71-72,89H,15-32,37-40,44-46H2,1-6H3,(H,95,118)(H,96,98,102)(H,97,99,103)(H,100,113,116)(H,101,114,117)/t49-,56-,57-,60-,61-,71?,72?,89?/m1/s1. The molecule has 8 aliphatic heterocycles. The van der Waals surface area contributed by atoms with Gasteiger partial charge in [0.1, 0.15) is 27.9 Å². The first-order valence-corrected chi connectivity index (χ1v) is 45.0. The molecule has 5 N–H and O–H groups in total. The molecule has 128 heavy (non-hydrogen) atoms. The van der Waals surface area contributed by atoms with E-state index in [0.29, 0.717) is 106 Å². The number of anilines is 7. The number of rotatable bonds is 25. The average Bonchev–Trinajstić information content (AvgIpc) is 1.52. The first kappa shape index (κ1) is 87.0. The Labute approximate surface area is 745 Å². The Kier molecular flexibility index (Phi) is 24.5. The third-order valence-electron chi connectivity index (χ3n) is 26.8. The smallest absolute Gasteiger partial charge is 0.347 e. The van der Waals surface area contributed by atoms with Crippen molar-refractivity contribution in [2.45, 2.75) is 210 Å². The molecule has 8 fully saturated rings. The van der Waals surface area contributed by atoms with Crippen molar-refractivity contribution >= 4 is 139 Å². The Bertz CT molecular complexity index is 5920. The second-order valence-corrected chi connectivity index (χ2v) is 36.3. The number of fused-ring (bicyclic) bond motifs is 4. The summed E-state index contributed by atoms with van der Waals surface area (Å²) in [6.07, 6.45) is 10.3. The second-order valence-electron chi connectivity index (χ2n) is 35.5. The van der Waals surface area contributed by atoms with Gasteiger partial charge in [-0.15, -0.1) is 0 Å². The fraction of sp³-hybridized carbons (Fsp3) is 0.484. The number of nitrogens with one attached hydrogen (secondary N) is 5. The van der Waals surface area contributed by atoms with Crippen LogP contribution < -0.4 is 61.9 Å². The number of imide groups is 3. The number of hydrogen-bond acceptors (Lipinski definition) is 27. The van der Waals surface area contributed by atoms with Gasteiger partial charge in [-0.3, -0.25) is 68.4 Å². The summed E-state index contributed by atoms with van der Waals surface area (Å²) in [6.45, 7) is 15.2. The van der Waals surface area contributed by atoms with Crippen LogP contribution in [0.4, 0.5) is 45.0 Å². The van der Waals surface area contributed by atoms with Crippen molar-refractivity contribution in [1.29, 1.82) is 0 Å². The highest BCUT2D eigenvalue weighted by Gasteiger charge is 2.48. The molecule has 12 heterocycles. The van der Waals surface area contributed by atoms with Crippen LogP contribution in [0.5, 0.6) is 11.5 Å². The van der Waals surface area contributed by atoms with Gasteiger partial charge in [0, 0.05) is 135 Å². The minimum Gasteiger partial charge on any atom is -0.476 e. The van der Waals surface area contributed by atoms with Gasteiger partial charge in [-0.25, -0.2) is 19.2 Å². The van der Waals surface area contributed by atoms with Gasteiger partial charge in [0.05, 0.1) is 65.5 Å². The number of amides is 8. The average molecular weight is 1790 g/mol. The number of nitrogens with zero attached hydrogens (tertiary/aromatic N) is 13. The Morgan fingerprint density at radius 2 is 1.11 bits per heavy atom. The summed E-state index contributed by atoms with van der Waals surface area (Å²) in [6, 6.07) is 20.7. The van der Waals surface area contributed by atoms with Gasteiger partial charge in [0.15, 0.2) is 29.7 Å². The molecule has 6 saturated heterocycles. The van der Waals surface area contributed by atoms with Crippen LogP contribution in [0.15, 0.2) is 101 Å². The Morgan fingerprint density at radius 1 is 0.570 bits per heavy atom. The van der Waals surface area contributed by atoms with E-state index in [1.807, 2.05) is 33.8 Å². The first-order valence-electron chi connectivity index (χ1n) is 44.2. The molecule has 8 aromatic rings. The number of likely N-dealkylation sites (tertiary alicyclic amines) is 1. The molecular formula is C91H101Cl2FN18O16. The molecular weight excluding hydrogens is 1690 g/mol. The molecule has 672 valence electrons. The van der Waals surface area contributed by atoms with E-state index in [-0.39, 0.29) is 131 Å². The van der Waals surface area contributed by atoms with Crippen molar-refractivity contribution in [2.24, 2.45) is 0 Å². The van der Waals surface area contributed by atoms with E-state index in [1.165, 1.54) is 33.2 Å². The van der Waals surface area contributed by atoms with Crippen LogP contribution in [0.3, 0.4) is 0 Å². The van der Waals surface area contributed by atoms with E-state index in [2.05, 4.69) is 68.0 Å². The number of hydrogen-bond donors (Lipinski definition) is 5. The number of aromatic nitrogens is 6. The highest BCUT2D eigenvalue weighted by molar-refractivity contribution is 6.33. The molecule has 10 aliphatic rings. The van der Waals surface area contributed by atoms with E-state index in [9.17, 15) is 52.7 Å².